The summed E-state index contributed by atoms with van der Waals surface area (Å²) in [5.41, 5.74) is 8.64. The minimum Gasteiger partial charge on any atom is -0.291 e. The molecule has 1 fully saturated rings. The Balaban J connectivity index is 1.90. The van der Waals surface area contributed by atoms with Crippen LogP contribution in [-0.2, 0) is 10.3 Å². The number of hydrazine groups is 1. The fourth-order valence-electron chi connectivity index (χ4n) is 2.49. The van der Waals surface area contributed by atoms with E-state index in [4.69, 9.17) is 11.6 Å². The van der Waals surface area contributed by atoms with Crippen molar-refractivity contribution in [3.05, 3.63) is 59.1 Å². The van der Waals surface area contributed by atoms with E-state index in [-0.39, 0.29) is 11.4 Å². The summed E-state index contributed by atoms with van der Waals surface area (Å²) in [6.45, 7) is 2.01. The molecule has 0 saturated carbocycles. The molecule has 1 heterocycles. The molecule has 2 N–H and O–H groups in total. The van der Waals surface area contributed by atoms with Gasteiger partial charge in [-0.05, 0) is 35.7 Å². The lowest BCUT2D eigenvalue weighted by Gasteiger charge is -2.23. The van der Waals surface area contributed by atoms with Gasteiger partial charge in [0.05, 0.1) is 12.0 Å². The number of rotatable bonds is 2. The van der Waals surface area contributed by atoms with Crippen molar-refractivity contribution in [2.24, 2.45) is 0 Å². The Morgan fingerprint density at radius 2 is 1.85 bits per heavy atom. The third kappa shape index (κ3) is 2.42. The molecule has 1 saturated heterocycles. The van der Waals surface area contributed by atoms with Crippen LogP contribution in [0.5, 0.6) is 0 Å². The number of hydrogen-bond acceptors (Lipinski definition) is 2. The minimum absolute atomic E-state index is 0.0198. The number of carbonyl (C=O) groups is 1. The van der Waals surface area contributed by atoms with Crippen LogP contribution in [0.1, 0.15) is 18.9 Å². The van der Waals surface area contributed by atoms with Gasteiger partial charge in [0.2, 0.25) is 5.91 Å². The quantitative estimate of drug-likeness (QED) is 0.890. The van der Waals surface area contributed by atoms with E-state index in [0.29, 0.717) is 6.42 Å². The van der Waals surface area contributed by atoms with Crippen molar-refractivity contribution in [1.82, 2.24) is 10.9 Å². The van der Waals surface area contributed by atoms with Crippen LogP contribution in [0.4, 0.5) is 0 Å². The summed E-state index contributed by atoms with van der Waals surface area (Å²) >= 11 is 6.01. The lowest BCUT2D eigenvalue weighted by atomic mass is 9.89. The van der Waals surface area contributed by atoms with Crippen LogP contribution < -0.4 is 10.9 Å². The second-order valence-corrected chi connectivity index (χ2v) is 5.71. The van der Waals surface area contributed by atoms with Gasteiger partial charge in [0.25, 0.3) is 0 Å². The molecule has 2 aromatic rings. The first kappa shape index (κ1) is 13.2. The lowest BCUT2D eigenvalue weighted by molar-refractivity contribution is -0.119. The normalized spacial score (nSPS) is 21.8. The molecule has 102 valence electrons. The first-order valence-corrected chi connectivity index (χ1v) is 6.87. The van der Waals surface area contributed by atoms with Crippen molar-refractivity contribution >= 4 is 17.5 Å². The smallest absolute Gasteiger partial charge is 0.236 e. The monoisotopic (exact) mass is 286 g/mol. The molecule has 1 aliphatic rings. The van der Waals surface area contributed by atoms with Gasteiger partial charge in [-0.1, -0.05) is 48.0 Å². The number of amides is 1. The van der Waals surface area contributed by atoms with E-state index >= 15 is 0 Å². The summed E-state index contributed by atoms with van der Waals surface area (Å²) < 4.78 is 0. The Labute approximate surface area is 122 Å². The van der Waals surface area contributed by atoms with E-state index < -0.39 is 0 Å². The molecular formula is C16H15ClN2O. The third-order valence-electron chi connectivity index (χ3n) is 3.67. The van der Waals surface area contributed by atoms with Crippen molar-refractivity contribution in [2.45, 2.75) is 18.9 Å². The highest BCUT2D eigenvalue weighted by molar-refractivity contribution is 6.30. The SMILES string of the molecule is CC1(c2ccc(-c3cccc(Cl)c3)cc2)CC(=O)NN1. The van der Waals surface area contributed by atoms with Crippen LogP contribution in [0.15, 0.2) is 48.5 Å². The molecule has 0 radical (unpaired) electrons. The fraction of sp³-hybridized carbons (Fsp3) is 0.188. The molecule has 4 heteroatoms. The van der Waals surface area contributed by atoms with Crippen LogP contribution in [-0.4, -0.2) is 5.91 Å². The maximum Gasteiger partial charge on any atom is 0.236 e. The van der Waals surface area contributed by atoms with Gasteiger partial charge < -0.3 is 0 Å². The van der Waals surface area contributed by atoms with Crippen LogP contribution in [0.3, 0.4) is 0 Å². The summed E-state index contributed by atoms with van der Waals surface area (Å²) in [5, 5.41) is 0.728. The van der Waals surface area contributed by atoms with Gasteiger partial charge in [0.15, 0.2) is 0 Å². The number of hydrogen-bond donors (Lipinski definition) is 2. The Morgan fingerprint density at radius 3 is 2.45 bits per heavy atom. The number of halogens is 1. The van der Waals surface area contributed by atoms with E-state index in [9.17, 15) is 4.79 Å². The molecule has 2 aromatic carbocycles. The highest BCUT2D eigenvalue weighted by Gasteiger charge is 2.35. The van der Waals surface area contributed by atoms with Gasteiger partial charge >= 0.3 is 0 Å². The maximum absolute atomic E-state index is 11.4. The zero-order valence-electron chi connectivity index (χ0n) is 11.1. The molecule has 3 nitrogen and oxygen atoms in total. The van der Waals surface area contributed by atoms with E-state index in [1.165, 1.54) is 0 Å². The van der Waals surface area contributed by atoms with Crippen LogP contribution in [0.25, 0.3) is 11.1 Å². The van der Waals surface area contributed by atoms with Crippen molar-refractivity contribution in [1.29, 1.82) is 0 Å². The molecule has 1 unspecified atom stereocenters. The minimum atomic E-state index is -0.343. The summed E-state index contributed by atoms with van der Waals surface area (Å²) in [6.07, 6.45) is 0.448. The molecule has 0 aromatic heterocycles. The Hall–Kier alpha value is -1.84. The van der Waals surface area contributed by atoms with E-state index in [1.807, 2.05) is 43.3 Å². The molecule has 1 amide bonds. The summed E-state index contributed by atoms with van der Waals surface area (Å²) in [7, 11) is 0. The van der Waals surface area contributed by atoms with Crippen molar-refractivity contribution in [3.63, 3.8) is 0 Å². The van der Waals surface area contributed by atoms with Gasteiger partial charge in [-0.3, -0.25) is 10.2 Å². The Bertz CT molecular complexity index is 654. The zero-order valence-corrected chi connectivity index (χ0v) is 11.9. The second-order valence-electron chi connectivity index (χ2n) is 5.27. The number of nitrogens with one attached hydrogen (secondary N) is 2. The first-order chi connectivity index (χ1) is 9.57. The standard InChI is InChI=1S/C16H15ClN2O/c1-16(10-15(20)18-19-16)13-7-5-11(6-8-13)12-3-2-4-14(17)9-12/h2-9,19H,10H2,1H3,(H,18,20). The van der Waals surface area contributed by atoms with Gasteiger partial charge in [-0.15, -0.1) is 0 Å². The van der Waals surface area contributed by atoms with Gasteiger partial charge in [-0.25, -0.2) is 5.43 Å². The molecular weight excluding hydrogens is 272 g/mol. The fourth-order valence-corrected chi connectivity index (χ4v) is 2.68. The van der Waals surface area contributed by atoms with E-state index in [2.05, 4.69) is 23.0 Å². The summed E-state index contributed by atoms with van der Waals surface area (Å²) in [6, 6.07) is 16.0. The van der Waals surface area contributed by atoms with Crippen LogP contribution in [0, 0.1) is 0 Å². The third-order valence-corrected chi connectivity index (χ3v) is 3.91. The van der Waals surface area contributed by atoms with Gasteiger partial charge in [0, 0.05) is 5.02 Å². The van der Waals surface area contributed by atoms with Gasteiger partial charge in [-0.2, -0.15) is 0 Å². The highest BCUT2D eigenvalue weighted by atomic mass is 35.5. The molecule has 0 aliphatic carbocycles. The molecule has 1 atom stereocenters. The topological polar surface area (TPSA) is 41.1 Å². The first-order valence-electron chi connectivity index (χ1n) is 6.49. The van der Waals surface area contributed by atoms with E-state index in [1.54, 1.807) is 0 Å². The van der Waals surface area contributed by atoms with Gasteiger partial charge in [0.1, 0.15) is 0 Å². The summed E-state index contributed by atoms with van der Waals surface area (Å²) in [5.74, 6) is 0.0198. The second kappa shape index (κ2) is 4.93. The largest absolute Gasteiger partial charge is 0.291 e. The predicted octanol–water partition coefficient (Wildman–Crippen LogP) is 3.25. The number of carbonyl (C=O) groups excluding carboxylic acids is 1. The molecule has 0 spiro atoms. The van der Waals surface area contributed by atoms with Crippen LogP contribution in [0.2, 0.25) is 5.02 Å². The highest BCUT2D eigenvalue weighted by Crippen LogP contribution is 2.30. The van der Waals surface area contributed by atoms with E-state index in [0.717, 1.165) is 21.7 Å². The zero-order chi connectivity index (χ0) is 14.2. The Morgan fingerprint density at radius 1 is 1.10 bits per heavy atom. The number of benzene rings is 2. The van der Waals surface area contributed by atoms with Crippen molar-refractivity contribution in [3.8, 4) is 11.1 Å². The average Bonchev–Trinajstić information content (AvgIpc) is 2.80. The Kier molecular flexibility index (Phi) is 3.24. The van der Waals surface area contributed by atoms with Crippen LogP contribution >= 0.6 is 11.6 Å². The summed E-state index contributed by atoms with van der Waals surface area (Å²) in [4.78, 5) is 11.4. The average molecular weight is 287 g/mol. The van der Waals surface area contributed by atoms with Crippen molar-refractivity contribution in [2.75, 3.05) is 0 Å². The molecule has 0 bridgehead atoms. The van der Waals surface area contributed by atoms with Crippen molar-refractivity contribution < 1.29 is 4.79 Å². The molecule has 20 heavy (non-hydrogen) atoms. The lowest BCUT2D eigenvalue weighted by Crippen LogP contribution is -2.38. The molecule has 3 rings (SSSR count). The molecule has 1 aliphatic heterocycles. The maximum atomic E-state index is 11.4. The predicted molar refractivity (Wildman–Crippen MR) is 80.1 cm³/mol.